The minimum atomic E-state index is -2.83. The molecule has 0 bridgehead atoms. The number of amides is 2. The zero-order valence-electron chi connectivity index (χ0n) is 17.4. The van der Waals surface area contributed by atoms with Crippen LogP contribution in [0.4, 0.5) is 14.5 Å². The highest BCUT2D eigenvalue weighted by atomic mass is 32.1. The lowest BCUT2D eigenvalue weighted by molar-refractivity contribution is 0.100. The maximum Gasteiger partial charge on any atom is 0.280 e. The van der Waals surface area contributed by atoms with Gasteiger partial charge in [0.05, 0.1) is 11.9 Å². The van der Waals surface area contributed by atoms with Crippen LogP contribution in [0.5, 0.6) is 0 Å². The van der Waals surface area contributed by atoms with Crippen LogP contribution in [0, 0.1) is 6.92 Å². The summed E-state index contributed by atoms with van der Waals surface area (Å²) in [4.78, 5) is 29.2. The molecule has 0 aliphatic heterocycles. The molecule has 0 spiro atoms. The second kappa shape index (κ2) is 8.11. The summed E-state index contributed by atoms with van der Waals surface area (Å²) in [5.74, 6) is -1.38. The van der Waals surface area contributed by atoms with E-state index in [1.54, 1.807) is 24.1 Å². The Labute approximate surface area is 184 Å². The summed E-state index contributed by atoms with van der Waals surface area (Å²) in [6.45, 7) is 4.31. The molecule has 0 saturated carbocycles. The van der Waals surface area contributed by atoms with E-state index in [0.717, 1.165) is 17.0 Å². The van der Waals surface area contributed by atoms with Crippen molar-refractivity contribution in [2.45, 2.75) is 26.8 Å². The first kappa shape index (κ1) is 21.6. The zero-order valence-corrected chi connectivity index (χ0v) is 18.2. The maximum atomic E-state index is 13.6. The number of nitrogens with one attached hydrogen (secondary N) is 1. The quantitative estimate of drug-likeness (QED) is 0.457. The van der Waals surface area contributed by atoms with Crippen molar-refractivity contribution in [3.63, 3.8) is 0 Å². The molecule has 32 heavy (non-hydrogen) atoms. The fourth-order valence-electron chi connectivity index (χ4n) is 3.48. The van der Waals surface area contributed by atoms with Crippen LogP contribution in [0.15, 0.2) is 24.5 Å². The van der Waals surface area contributed by atoms with Crippen molar-refractivity contribution in [2.24, 2.45) is 12.8 Å². The molecule has 0 atom stereocenters. The highest BCUT2D eigenvalue weighted by molar-refractivity contribution is 7.21. The average molecular weight is 459 g/mol. The van der Waals surface area contributed by atoms with Crippen molar-refractivity contribution in [1.29, 1.82) is 0 Å². The Morgan fingerprint density at radius 1 is 1.31 bits per heavy atom. The summed E-state index contributed by atoms with van der Waals surface area (Å²) < 4.78 is 30.4. The van der Waals surface area contributed by atoms with E-state index in [9.17, 15) is 18.4 Å². The Kier molecular flexibility index (Phi) is 5.46. The molecule has 4 aromatic heterocycles. The van der Waals surface area contributed by atoms with Gasteiger partial charge in [-0.2, -0.15) is 10.2 Å². The highest BCUT2D eigenvalue weighted by Gasteiger charge is 2.26. The van der Waals surface area contributed by atoms with Gasteiger partial charge in [-0.15, -0.1) is 11.3 Å². The summed E-state index contributed by atoms with van der Waals surface area (Å²) in [5.41, 5.74) is 7.04. The van der Waals surface area contributed by atoms with Crippen molar-refractivity contribution in [1.82, 2.24) is 24.5 Å². The average Bonchev–Trinajstić information content (AvgIpc) is 3.44. The van der Waals surface area contributed by atoms with Crippen LogP contribution in [0.25, 0.3) is 21.3 Å². The van der Waals surface area contributed by atoms with E-state index in [2.05, 4.69) is 20.5 Å². The summed E-state index contributed by atoms with van der Waals surface area (Å²) in [7, 11) is 1.66. The van der Waals surface area contributed by atoms with Crippen LogP contribution >= 0.6 is 11.3 Å². The lowest BCUT2D eigenvalue weighted by Gasteiger charge is -2.10. The van der Waals surface area contributed by atoms with Gasteiger partial charge in [-0.1, -0.05) is 0 Å². The van der Waals surface area contributed by atoms with E-state index in [1.807, 2.05) is 13.8 Å². The number of aryl methyl sites for hydroxylation is 2. The molecule has 4 rings (SSSR count). The molecule has 9 nitrogen and oxygen atoms in total. The van der Waals surface area contributed by atoms with E-state index in [0.29, 0.717) is 23.1 Å². The van der Waals surface area contributed by atoms with Gasteiger partial charge in [0.15, 0.2) is 5.69 Å². The summed E-state index contributed by atoms with van der Waals surface area (Å²) in [5, 5.41) is 11.4. The Balaban J connectivity index is 1.99. The first-order chi connectivity index (χ1) is 15.2. The van der Waals surface area contributed by atoms with Gasteiger partial charge in [-0.3, -0.25) is 19.0 Å². The molecule has 0 unspecified atom stereocenters. The van der Waals surface area contributed by atoms with Gasteiger partial charge >= 0.3 is 0 Å². The number of fused-ring (bicyclic) bond motifs is 1. The normalized spacial score (nSPS) is 11.4. The second-order valence-corrected chi connectivity index (χ2v) is 8.03. The third kappa shape index (κ3) is 3.62. The number of carbonyl (C=O) groups is 2. The minimum absolute atomic E-state index is 0.00461. The van der Waals surface area contributed by atoms with Crippen molar-refractivity contribution in [3.8, 4) is 11.1 Å². The van der Waals surface area contributed by atoms with Gasteiger partial charge in [0.2, 0.25) is 0 Å². The first-order valence-corrected chi connectivity index (χ1v) is 10.4. The predicted molar refractivity (Wildman–Crippen MR) is 116 cm³/mol. The van der Waals surface area contributed by atoms with Gasteiger partial charge in [-0.25, -0.2) is 13.8 Å². The minimum Gasteiger partial charge on any atom is -0.365 e. The predicted octanol–water partition coefficient (Wildman–Crippen LogP) is 3.51. The Morgan fingerprint density at radius 2 is 2.06 bits per heavy atom. The molecule has 2 amide bonds. The molecule has 0 radical (unpaired) electrons. The number of nitrogens with two attached hydrogens (primary N) is 1. The molecule has 166 valence electrons. The number of hydrogen-bond donors (Lipinski definition) is 2. The number of alkyl halides is 2. The molecule has 0 saturated heterocycles. The molecule has 4 heterocycles. The number of rotatable bonds is 6. The summed E-state index contributed by atoms with van der Waals surface area (Å²) >= 11 is 0.847. The third-order valence-corrected chi connectivity index (χ3v) is 6.11. The maximum absolute atomic E-state index is 13.6. The molecule has 0 aliphatic rings. The topological polar surface area (TPSA) is 121 Å². The summed E-state index contributed by atoms with van der Waals surface area (Å²) in [6.07, 6.45) is 0.333. The summed E-state index contributed by atoms with van der Waals surface area (Å²) in [6, 6.07) is 2.77. The number of anilines is 1. The molecule has 12 heteroatoms. The standard InChI is InChI=1S/C20H19F2N7O2S/c1-4-29-9(2)11(8-24-29)10-7-13(17(21)22)25-20-14(10)15(16(32-20)18(23)30)26-19(31)12-5-6-28(3)27-12/h5-8,17H,4H2,1-3H3,(H2,23,30)(H,26,31). The van der Waals surface area contributed by atoms with Crippen molar-refractivity contribution >= 4 is 39.1 Å². The lowest BCUT2D eigenvalue weighted by atomic mass is 10.0. The third-order valence-electron chi connectivity index (χ3n) is 5.01. The van der Waals surface area contributed by atoms with E-state index < -0.39 is 23.9 Å². The molecule has 0 aliphatic carbocycles. The molecule has 4 aromatic rings. The van der Waals surface area contributed by atoms with Crippen LogP contribution in [0.1, 0.15) is 44.9 Å². The molecular weight excluding hydrogens is 440 g/mol. The number of primary amides is 1. The van der Waals surface area contributed by atoms with Crippen molar-refractivity contribution in [2.75, 3.05) is 5.32 Å². The second-order valence-electron chi connectivity index (χ2n) is 7.03. The Morgan fingerprint density at radius 3 is 2.62 bits per heavy atom. The van der Waals surface area contributed by atoms with E-state index in [1.165, 1.54) is 16.8 Å². The van der Waals surface area contributed by atoms with Crippen LogP contribution in [0.2, 0.25) is 0 Å². The van der Waals surface area contributed by atoms with E-state index in [-0.39, 0.29) is 21.1 Å². The largest absolute Gasteiger partial charge is 0.365 e. The SMILES string of the molecule is CCn1ncc(-c2cc(C(F)F)nc3sc(C(N)=O)c(NC(=O)c4ccn(C)n4)c23)c1C. The number of aromatic nitrogens is 5. The molecule has 3 N–H and O–H groups in total. The molecular formula is C20H19F2N7O2S. The Hall–Kier alpha value is -3.67. The van der Waals surface area contributed by atoms with Crippen LogP contribution in [-0.4, -0.2) is 36.4 Å². The van der Waals surface area contributed by atoms with Gasteiger partial charge in [0, 0.05) is 36.4 Å². The van der Waals surface area contributed by atoms with Crippen molar-refractivity contribution < 1.29 is 18.4 Å². The van der Waals surface area contributed by atoms with Crippen LogP contribution in [0.3, 0.4) is 0 Å². The number of pyridine rings is 1. The van der Waals surface area contributed by atoms with Crippen LogP contribution < -0.4 is 11.1 Å². The smallest absolute Gasteiger partial charge is 0.280 e. The Bertz CT molecular complexity index is 1360. The number of hydrogen-bond acceptors (Lipinski definition) is 6. The number of thiophene rings is 1. The van der Waals surface area contributed by atoms with E-state index in [4.69, 9.17) is 5.73 Å². The zero-order chi connectivity index (χ0) is 23.2. The highest BCUT2D eigenvalue weighted by Crippen LogP contribution is 2.43. The van der Waals surface area contributed by atoms with E-state index >= 15 is 0 Å². The number of nitrogens with zero attached hydrogens (tertiary/aromatic N) is 5. The monoisotopic (exact) mass is 459 g/mol. The van der Waals surface area contributed by atoms with Gasteiger partial charge in [-0.05, 0) is 31.5 Å². The number of carbonyl (C=O) groups excluding carboxylic acids is 2. The molecule has 0 aromatic carbocycles. The fraction of sp³-hybridized carbons (Fsp3) is 0.250. The van der Waals surface area contributed by atoms with Crippen molar-refractivity contribution in [3.05, 3.63) is 46.5 Å². The first-order valence-electron chi connectivity index (χ1n) is 9.60. The molecule has 0 fully saturated rings. The fourth-order valence-corrected chi connectivity index (χ4v) is 4.49. The van der Waals surface area contributed by atoms with Gasteiger partial charge in [0.1, 0.15) is 15.4 Å². The van der Waals surface area contributed by atoms with Gasteiger partial charge < -0.3 is 11.1 Å². The van der Waals surface area contributed by atoms with Gasteiger partial charge in [0.25, 0.3) is 18.2 Å². The van der Waals surface area contributed by atoms with Crippen LogP contribution in [-0.2, 0) is 13.6 Å². The number of halogens is 2. The lowest BCUT2D eigenvalue weighted by Crippen LogP contribution is -2.17.